The minimum Gasteiger partial charge on any atom is -0.310 e. The van der Waals surface area contributed by atoms with Gasteiger partial charge in [0.2, 0.25) is 0 Å². The zero-order valence-electron chi connectivity index (χ0n) is 11.4. The molecule has 1 N–H and O–H groups in total. The number of likely N-dealkylation sites (tertiary alicyclic amines) is 1. The SMILES string of the molecule is CN1CCCC(c2cccc(CNC3CC3)c2)C1. The summed E-state index contributed by atoms with van der Waals surface area (Å²) in [6.45, 7) is 3.53. The molecule has 18 heavy (non-hydrogen) atoms. The molecule has 2 aliphatic rings. The molecule has 1 heterocycles. The zero-order chi connectivity index (χ0) is 12.4. The molecular weight excluding hydrogens is 220 g/mol. The Morgan fingerprint density at radius 2 is 2.17 bits per heavy atom. The third-order valence-corrected chi connectivity index (χ3v) is 4.22. The first kappa shape index (κ1) is 12.2. The first-order valence-corrected chi connectivity index (χ1v) is 7.32. The summed E-state index contributed by atoms with van der Waals surface area (Å²) in [5, 5.41) is 3.60. The van der Waals surface area contributed by atoms with Crippen LogP contribution in [0.4, 0.5) is 0 Å². The fourth-order valence-corrected chi connectivity index (χ4v) is 2.95. The van der Waals surface area contributed by atoms with E-state index in [0.29, 0.717) is 0 Å². The van der Waals surface area contributed by atoms with E-state index in [1.54, 1.807) is 0 Å². The van der Waals surface area contributed by atoms with Crippen LogP contribution >= 0.6 is 0 Å². The van der Waals surface area contributed by atoms with Gasteiger partial charge in [-0.1, -0.05) is 24.3 Å². The van der Waals surface area contributed by atoms with Gasteiger partial charge in [0.05, 0.1) is 0 Å². The van der Waals surface area contributed by atoms with Crippen molar-refractivity contribution in [1.29, 1.82) is 0 Å². The number of piperidine rings is 1. The van der Waals surface area contributed by atoms with Crippen LogP contribution < -0.4 is 5.32 Å². The lowest BCUT2D eigenvalue weighted by atomic mass is 9.90. The number of likely N-dealkylation sites (N-methyl/N-ethyl adjacent to an activating group) is 1. The number of benzene rings is 1. The van der Waals surface area contributed by atoms with Crippen molar-refractivity contribution >= 4 is 0 Å². The van der Waals surface area contributed by atoms with E-state index in [-0.39, 0.29) is 0 Å². The normalized spacial score (nSPS) is 25.3. The first-order chi connectivity index (χ1) is 8.81. The molecule has 1 aliphatic heterocycles. The minimum absolute atomic E-state index is 0.740. The van der Waals surface area contributed by atoms with E-state index in [1.807, 2.05) is 0 Å². The number of nitrogens with one attached hydrogen (secondary N) is 1. The Morgan fingerprint density at radius 1 is 1.28 bits per heavy atom. The summed E-state index contributed by atoms with van der Waals surface area (Å²) >= 11 is 0. The second kappa shape index (κ2) is 5.41. The summed E-state index contributed by atoms with van der Waals surface area (Å²) in [6.07, 6.45) is 5.43. The lowest BCUT2D eigenvalue weighted by molar-refractivity contribution is 0.251. The van der Waals surface area contributed by atoms with Gasteiger partial charge in [0.1, 0.15) is 0 Å². The second-order valence-corrected chi connectivity index (χ2v) is 6.00. The molecule has 2 nitrogen and oxygen atoms in total. The van der Waals surface area contributed by atoms with Crippen molar-refractivity contribution in [3.8, 4) is 0 Å². The predicted octanol–water partition coefficient (Wildman–Crippen LogP) is 2.75. The van der Waals surface area contributed by atoms with E-state index in [2.05, 4.69) is 41.5 Å². The average molecular weight is 244 g/mol. The third-order valence-electron chi connectivity index (χ3n) is 4.22. The van der Waals surface area contributed by atoms with Gasteiger partial charge in [-0.2, -0.15) is 0 Å². The van der Waals surface area contributed by atoms with Gasteiger partial charge in [0, 0.05) is 19.1 Å². The molecule has 1 saturated heterocycles. The van der Waals surface area contributed by atoms with E-state index in [1.165, 1.54) is 49.9 Å². The Labute approximate surface area is 110 Å². The van der Waals surface area contributed by atoms with Crippen LogP contribution in [-0.2, 0) is 6.54 Å². The molecule has 0 bridgehead atoms. The maximum Gasteiger partial charge on any atom is 0.0208 e. The Morgan fingerprint density at radius 3 is 2.94 bits per heavy atom. The van der Waals surface area contributed by atoms with Crippen LogP contribution in [0.3, 0.4) is 0 Å². The fraction of sp³-hybridized carbons (Fsp3) is 0.625. The summed E-state index contributed by atoms with van der Waals surface area (Å²) in [5.41, 5.74) is 2.99. The number of rotatable bonds is 4. The summed E-state index contributed by atoms with van der Waals surface area (Å²) in [4.78, 5) is 2.46. The quantitative estimate of drug-likeness (QED) is 0.876. The molecule has 1 saturated carbocycles. The summed E-state index contributed by atoms with van der Waals surface area (Å²) in [6, 6.07) is 10.0. The molecule has 1 aromatic carbocycles. The maximum absolute atomic E-state index is 3.60. The van der Waals surface area contributed by atoms with Crippen LogP contribution in [0.25, 0.3) is 0 Å². The van der Waals surface area contributed by atoms with Gasteiger partial charge >= 0.3 is 0 Å². The largest absolute Gasteiger partial charge is 0.310 e. The van der Waals surface area contributed by atoms with Crippen LogP contribution in [0, 0.1) is 0 Å². The Balaban J connectivity index is 1.65. The number of nitrogens with zero attached hydrogens (tertiary/aromatic N) is 1. The highest BCUT2D eigenvalue weighted by molar-refractivity contribution is 5.27. The van der Waals surface area contributed by atoms with Crippen LogP contribution in [0.1, 0.15) is 42.7 Å². The standard InChI is InChI=1S/C16H24N2/c1-18-9-3-6-15(12-18)14-5-2-4-13(10-14)11-17-16-7-8-16/h2,4-5,10,15-17H,3,6-9,11-12H2,1H3. The molecule has 0 spiro atoms. The number of hydrogen-bond donors (Lipinski definition) is 1. The van der Waals surface area contributed by atoms with Crippen LogP contribution in [-0.4, -0.2) is 31.1 Å². The average Bonchev–Trinajstić information content (AvgIpc) is 3.21. The fourth-order valence-electron chi connectivity index (χ4n) is 2.95. The molecule has 1 unspecified atom stereocenters. The summed E-state index contributed by atoms with van der Waals surface area (Å²) in [7, 11) is 2.24. The number of hydrogen-bond acceptors (Lipinski definition) is 2. The van der Waals surface area contributed by atoms with Gasteiger partial charge in [-0.15, -0.1) is 0 Å². The topological polar surface area (TPSA) is 15.3 Å². The van der Waals surface area contributed by atoms with Crippen molar-refractivity contribution < 1.29 is 0 Å². The van der Waals surface area contributed by atoms with Crippen LogP contribution in [0.2, 0.25) is 0 Å². The highest BCUT2D eigenvalue weighted by atomic mass is 15.1. The zero-order valence-corrected chi connectivity index (χ0v) is 11.4. The molecule has 2 fully saturated rings. The highest BCUT2D eigenvalue weighted by Gasteiger charge is 2.21. The highest BCUT2D eigenvalue weighted by Crippen LogP contribution is 2.27. The van der Waals surface area contributed by atoms with E-state index in [9.17, 15) is 0 Å². The van der Waals surface area contributed by atoms with Gasteiger partial charge in [-0.25, -0.2) is 0 Å². The van der Waals surface area contributed by atoms with Crippen molar-refractivity contribution in [3.05, 3.63) is 35.4 Å². The molecule has 0 radical (unpaired) electrons. The first-order valence-electron chi connectivity index (χ1n) is 7.32. The van der Waals surface area contributed by atoms with Crippen molar-refractivity contribution in [1.82, 2.24) is 10.2 Å². The lowest BCUT2D eigenvalue weighted by Gasteiger charge is -2.30. The smallest absolute Gasteiger partial charge is 0.0208 e. The molecule has 1 aliphatic carbocycles. The van der Waals surface area contributed by atoms with E-state index in [4.69, 9.17) is 0 Å². The predicted molar refractivity (Wildman–Crippen MR) is 75.8 cm³/mol. The maximum atomic E-state index is 3.60. The molecule has 0 amide bonds. The van der Waals surface area contributed by atoms with Gasteiger partial charge in [0.15, 0.2) is 0 Å². The van der Waals surface area contributed by atoms with Gasteiger partial charge in [-0.3, -0.25) is 0 Å². The molecule has 0 aromatic heterocycles. The molecule has 98 valence electrons. The van der Waals surface area contributed by atoms with E-state index >= 15 is 0 Å². The van der Waals surface area contributed by atoms with Crippen LogP contribution in [0.5, 0.6) is 0 Å². The molecular formula is C16H24N2. The lowest BCUT2D eigenvalue weighted by Crippen LogP contribution is -2.30. The Bertz CT molecular complexity index is 398. The third kappa shape index (κ3) is 3.12. The van der Waals surface area contributed by atoms with Crippen molar-refractivity contribution in [2.45, 2.75) is 44.2 Å². The van der Waals surface area contributed by atoms with E-state index in [0.717, 1.165) is 18.5 Å². The molecule has 1 atom stereocenters. The van der Waals surface area contributed by atoms with Crippen molar-refractivity contribution in [2.75, 3.05) is 20.1 Å². The molecule has 3 rings (SSSR count). The summed E-state index contributed by atoms with van der Waals surface area (Å²) < 4.78 is 0. The van der Waals surface area contributed by atoms with Gasteiger partial charge in [0.25, 0.3) is 0 Å². The monoisotopic (exact) mass is 244 g/mol. The molecule has 1 aromatic rings. The van der Waals surface area contributed by atoms with Gasteiger partial charge < -0.3 is 10.2 Å². The van der Waals surface area contributed by atoms with E-state index < -0.39 is 0 Å². The Hall–Kier alpha value is -0.860. The minimum atomic E-state index is 0.740. The second-order valence-electron chi connectivity index (χ2n) is 6.00. The Kier molecular flexibility index (Phi) is 3.67. The van der Waals surface area contributed by atoms with Crippen LogP contribution in [0.15, 0.2) is 24.3 Å². The van der Waals surface area contributed by atoms with Gasteiger partial charge in [-0.05, 0) is 56.3 Å². The van der Waals surface area contributed by atoms with Crippen molar-refractivity contribution in [2.24, 2.45) is 0 Å². The van der Waals surface area contributed by atoms with Crippen molar-refractivity contribution in [3.63, 3.8) is 0 Å². The molecule has 2 heteroatoms. The summed E-state index contributed by atoms with van der Waals surface area (Å²) in [5.74, 6) is 0.740.